The van der Waals surface area contributed by atoms with E-state index in [0.717, 1.165) is 17.9 Å². The lowest BCUT2D eigenvalue weighted by molar-refractivity contribution is 0.128. The van der Waals surface area contributed by atoms with Crippen molar-refractivity contribution < 1.29 is 0 Å². The van der Waals surface area contributed by atoms with Crippen molar-refractivity contribution in [2.45, 2.75) is 53.0 Å². The third-order valence-electron chi connectivity index (χ3n) is 4.35. The predicted molar refractivity (Wildman–Crippen MR) is 65.9 cm³/mol. The molecule has 1 saturated heterocycles. The number of fused-ring (bicyclic) bond motifs is 1. The average molecular weight is 207 g/mol. The molecular formula is C14H25N. The van der Waals surface area contributed by atoms with Crippen molar-refractivity contribution in [2.75, 3.05) is 13.1 Å². The van der Waals surface area contributed by atoms with Crippen molar-refractivity contribution in [3.05, 3.63) is 11.1 Å². The van der Waals surface area contributed by atoms with Crippen LogP contribution in [0.3, 0.4) is 0 Å². The van der Waals surface area contributed by atoms with Crippen molar-refractivity contribution in [2.24, 2.45) is 11.8 Å². The fourth-order valence-corrected chi connectivity index (χ4v) is 3.29. The van der Waals surface area contributed by atoms with Crippen molar-refractivity contribution in [3.8, 4) is 0 Å². The first-order valence-electron chi connectivity index (χ1n) is 6.48. The van der Waals surface area contributed by atoms with Crippen molar-refractivity contribution in [1.82, 2.24) is 4.90 Å². The van der Waals surface area contributed by atoms with Crippen LogP contribution in [0.5, 0.6) is 0 Å². The van der Waals surface area contributed by atoms with Crippen LogP contribution in [0.25, 0.3) is 0 Å². The molecular weight excluding hydrogens is 182 g/mol. The number of hydrogen-bond acceptors (Lipinski definition) is 1. The van der Waals surface area contributed by atoms with E-state index in [9.17, 15) is 0 Å². The normalized spacial score (nSPS) is 38.8. The van der Waals surface area contributed by atoms with Gasteiger partial charge >= 0.3 is 0 Å². The van der Waals surface area contributed by atoms with Crippen molar-refractivity contribution in [3.63, 3.8) is 0 Å². The van der Waals surface area contributed by atoms with Gasteiger partial charge in [-0.3, -0.25) is 4.90 Å². The summed E-state index contributed by atoms with van der Waals surface area (Å²) in [4.78, 5) is 2.73. The van der Waals surface area contributed by atoms with Crippen LogP contribution in [0.15, 0.2) is 11.1 Å². The van der Waals surface area contributed by atoms with Crippen molar-refractivity contribution in [1.29, 1.82) is 0 Å². The standard InChI is InChI=1S/C14H25N/c1-10-5-6-15-9-11(2)7-12(3)13(4)14(15)8-10/h10-11,14H,5-9H2,1-4H3. The monoisotopic (exact) mass is 207 g/mol. The Labute approximate surface area is 94.5 Å². The largest absolute Gasteiger partial charge is 0.296 e. The Morgan fingerprint density at radius 2 is 1.87 bits per heavy atom. The number of piperidine rings is 1. The van der Waals surface area contributed by atoms with Gasteiger partial charge < -0.3 is 0 Å². The number of hydrogen-bond donors (Lipinski definition) is 0. The summed E-state index contributed by atoms with van der Waals surface area (Å²) in [6.07, 6.45) is 4.10. The van der Waals surface area contributed by atoms with Gasteiger partial charge in [0.15, 0.2) is 0 Å². The quantitative estimate of drug-likeness (QED) is 0.550. The molecule has 1 nitrogen and oxygen atoms in total. The van der Waals surface area contributed by atoms with E-state index in [2.05, 4.69) is 32.6 Å². The summed E-state index contributed by atoms with van der Waals surface area (Å²) in [5, 5.41) is 0. The van der Waals surface area contributed by atoms with E-state index in [4.69, 9.17) is 0 Å². The van der Waals surface area contributed by atoms with Crippen molar-refractivity contribution >= 4 is 0 Å². The first-order valence-corrected chi connectivity index (χ1v) is 6.48. The zero-order valence-electron chi connectivity index (χ0n) is 10.7. The summed E-state index contributed by atoms with van der Waals surface area (Å²) in [5.41, 5.74) is 3.33. The smallest absolute Gasteiger partial charge is 0.0310 e. The van der Waals surface area contributed by atoms with Gasteiger partial charge in [0, 0.05) is 12.6 Å². The maximum Gasteiger partial charge on any atom is 0.0310 e. The van der Waals surface area contributed by atoms with E-state index in [1.165, 1.54) is 32.4 Å². The molecule has 0 aromatic carbocycles. The van der Waals surface area contributed by atoms with Gasteiger partial charge in [0.2, 0.25) is 0 Å². The molecule has 86 valence electrons. The van der Waals surface area contributed by atoms with Gasteiger partial charge in [0.1, 0.15) is 0 Å². The Kier molecular flexibility index (Phi) is 3.20. The minimum atomic E-state index is 0.763. The highest BCUT2D eigenvalue weighted by molar-refractivity contribution is 5.19. The molecule has 0 aromatic rings. The minimum Gasteiger partial charge on any atom is -0.296 e. The van der Waals surface area contributed by atoms with Crippen LogP contribution in [0, 0.1) is 11.8 Å². The predicted octanol–water partition coefficient (Wildman–Crippen LogP) is 3.46. The lowest BCUT2D eigenvalue weighted by atomic mass is 9.88. The van der Waals surface area contributed by atoms with E-state index in [0.29, 0.717) is 0 Å². The van der Waals surface area contributed by atoms with Crippen LogP contribution in [0.1, 0.15) is 47.0 Å². The van der Waals surface area contributed by atoms with E-state index >= 15 is 0 Å². The molecule has 0 radical (unpaired) electrons. The topological polar surface area (TPSA) is 3.24 Å². The molecule has 2 aliphatic rings. The molecule has 0 bridgehead atoms. The van der Waals surface area contributed by atoms with Crippen LogP contribution < -0.4 is 0 Å². The Morgan fingerprint density at radius 3 is 2.60 bits per heavy atom. The molecule has 2 heterocycles. The van der Waals surface area contributed by atoms with Gasteiger partial charge in [-0.05, 0) is 51.5 Å². The number of nitrogens with zero attached hydrogens (tertiary/aromatic N) is 1. The fourth-order valence-electron chi connectivity index (χ4n) is 3.29. The molecule has 1 fully saturated rings. The third kappa shape index (κ3) is 2.28. The molecule has 2 aliphatic heterocycles. The molecule has 1 heteroatoms. The Bertz CT molecular complexity index is 267. The maximum absolute atomic E-state index is 2.73. The van der Waals surface area contributed by atoms with Gasteiger partial charge in [0.05, 0.1) is 0 Å². The molecule has 3 unspecified atom stereocenters. The van der Waals surface area contributed by atoms with E-state index in [1.54, 1.807) is 11.1 Å². The maximum atomic E-state index is 2.73. The highest BCUT2D eigenvalue weighted by atomic mass is 15.2. The second-order valence-electron chi connectivity index (χ2n) is 5.91. The summed E-state index contributed by atoms with van der Waals surface area (Å²) in [7, 11) is 0. The average Bonchev–Trinajstić information content (AvgIpc) is 2.27. The second-order valence-corrected chi connectivity index (χ2v) is 5.91. The number of allylic oxidation sites excluding steroid dienone is 1. The summed E-state index contributed by atoms with van der Waals surface area (Å²) < 4.78 is 0. The van der Waals surface area contributed by atoms with Gasteiger partial charge in [-0.1, -0.05) is 25.0 Å². The van der Waals surface area contributed by atoms with Gasteiger partial charge in [-0.15, -0.1) is 0 Å². The SMILES string of the molecule is CC1=C(C)C2CC(C)CCN2CC(C)C1. The lowest BCUT2D eigenvalue weighted by Crippen LogP contribution is -2.43. The molecule has 0 N–H and O–H groups in total. The lowest BCUT2D eigenvalue weighted by Gasteiger charge is -2.39. The van der Waals surface area contributed by atoms with E-state index < -0.39 is 0 Å². The van der Waals surface area contributed by atoms with Crippen LogP contribution in [-0.2, 0) is 0 Å². The number of rotatable bonds is 0. The third-order valence-corrected chi connectivity index (χ3v) is 4.35. The summed E-state index contributed by atoms with van der Waals surface area (Å²) in [6.45, 7) is 12.1. The van der Waals surface area contributed by atoms with E-state index in [-0.39, 0.29) is 0 Å². The molecule has 3 atom stereocenters. The molecule has 0 amide bonds. The molecule has 0 aliphatic carbocycles. The zero-order chi connectivity index (χ0) is 11.0. The van der Waals surface area contributed by atoms with E-state index in [1.807, 2.05) is 0 Å². The van der Waals surface area contributed by atoms with Gasteiger partial charge in [0.25, 0.3) is 0 Å². The molecule has 15 heavy (non-hydrogen) atoms. The van der Waals surface area contributed by atoms with Crippen LogP contribution >= 0.6 is 0 Å². The Morgan fingerprint density at radius 1 is 1.13 bits per heavy atom. The first-order chi connectivity index (χ1) is 7.08. The van der Waals surface area contributed by atoms with Crippen LogP contribution in [0.4, 0.5) is 0 Å². The fraction of sp³-hybridized carbons (Fsp3) is 0.857. The van der Waals surface area contributed by atoms with Crippen LogP contribution in [-0.4, -0.2) is 24.0 Å². The highest BCUT2D eigenvalue weighted by Crippen LogP contribution is 2.33. The zero-order valence-corrected chi connectivity index (χ0v) is 10.7. The molecule has 0 saturated carbocycles. The summed E-state index contributed by atoms with van der Waals surface area (Å²) in [6, 6.07) is 0.763. The second kappa shape index (κ2) is 4.29. The van der Waals surface area contributed by atoms with Gasteiger partial charge in [-0.2, -0.15) is 0 Å². The molecule has 0 aromatic heterocycles. The Hall–Kier alpha value is -0.300. The Balaban J connectivity index is 2.22. The molecule has 0 spiro atoms. The van der Waals surface area contributed by atoms with Crippen LogP contribution in [0.2, 0.25) is 0 Å². The molecule has 2 rings (SSSR count). The summed E-state index contributed by atoms with van der Waals surface area (Å²) in [5.74, 6) is 1.76. The minimum absolute atomic E-state index is 0.763. The van der Waals surface area contributed by atoms with Gasteiger partial charge in [-0.25, -0.2) is 0 Å². The highest BCUT2D eigenvalue weighted by Gasteiger charge is 2.31. The summed E-state index contributed by atoms with van der Waals surface area (Å²) >= 11 is 0. The first kappa shape index (κ1) is 11.2.